The van der Waals surface area contributed by atoms with Crippen molar-refractivity contribution in [3.63, 3.8) is 0 Å². The van der Waals surface area contributed by atoms with Crippen LogP contribution in [0.4, 0.5) is 0 Å². The van der Waals surface area contributed by atoms with E-state index in [2.05, 4.69) is 16.7 Å². The minimum atomic E-state index is 0.254. The first kappa shape index (κ1) is 14.8. The van der Waals surface area contributed by atoms with Crippen molar-refractivity contribution in [3.05, 3.63) is 0 Å². The molecule has 110 valence electrons. The largest absolute Gasteiger partial charge is 0.341 e. The number of nitrogens with zero attached hydrogens (tertiary/aromatic N) is 2. The first-order valence-corrected chi connectivity index (χ1v) is 7.93. The van der Waals surface area contributed by atoms with Crippen molar-refractivity contribution in [1.29, 1.82) is 0 Å². The fourth-order valence-electron chi connectivity index (χ4n) is 2.98. The number of carbonyl (C=O) groups is 1. The van der Waals surface area contributed by atoms with Crippen molar-refractivity contribution in [1.82, 2.24) is 9.80 Å². The van der Waals surface area contributed by atoms with E-state index in [1.165, 1.54) is 19.3 Å². The Balaban J connectivity index is 1.74. The molecule has 1 aliphatic heterocycles. The van der Waals surface area contributed by atoms with E-state index in [-0.39, 0.29) is 5.92 Å². The average Bonchev–Trinajstić information content (AvgIpc) is 3.24. The standard InChI is InChI=1S/C15H29N3O/c1-13(14-5-6-14)15(19)18-10-4-9-17(11-12-18)8-3-2-7-16/h13-14H,2-12,16H2,1H3. The Morgan fingerprint density at radius 3 is 2.68 bits per heavy atom. The predicted octanol–water partition coefficient (Wildman–Crippen LogP) is 1.31. The molecule has 1 saturated heterocycles. The summed E-state index contributed by atoms with van der Waals surface area (Å²) in [5.74, 6) is 1.33. The zero-order chi connectivity index (χ0) is 13.7. The lowest BCUT2D eigenvalue weighted by molar-refractivity contribution is -0.135. The van der Waals surface area contributed by atoms with E-state index in [1.54, 1.807) is 0 Å². The molecule has 0 spiro atoms. The van der Waals surface area contributed by atoms with Gasteiger partial charge >= 0.3 is 0 Å². The molecule has 2 rings (SSSR count). The first-order valence-electron chi connectivity index (χ1n) is 7.93. The zero-order valence-corrected chi connectivity index (χ0v) is 12.3. The lowest BCUT2D eigenvalue weighted by Crippen LogP contribution is -2.39. The normalized spacial score (nSPS) is 23.2. The van der Waals surface area contributed by atoms with Gasteiger partial charge in [-0.25, -0.2) is 0 Å². The average molecular weight is 267 g/mol. The summed E-state index contributed by atoms with van der Waals surface area (Å²) in [5, 5.41) is 0. The van der Waals surface area contributed by atoms with Gasteiger partial charge in [0.2, 0.25) is 5.91 Å². The number of unbranched alkanes of at least 4 members (excludes halogenated alkanes) is 1. The van der Waals surface area contributed by atoms with Crippen LogP contribution < -0.4 is 5.73 Å². The number of hydrogen-bond acceptors (Lipinski definition) is 3. The smallest absolute Gasteiger partial charge is 0.225 e. The Bertz CT molecular complexity index is 291. The molecule has 2 fully saturated rings. The van der Waals surface area contributed by atoms with Gasteiger partial charge in [-0.15, -0.1) is 0 Å². The Hall–Kier alpha value is -0.610. The highest BCUT2D eigenvalue weighted by Crippen LogP contribution is 2.37. The van der Waals surface area contributed by atoms with Crippen LogP contribution in [0.5, 0.6) is 0 Å². The highest BCUT2D eigenvalue weighted by Gasteiger charge is 2.35. The maximum absolute atomic E-state index is 12.4. The Labute approximate surface area is 117 Å². The van der Waals surface area contributed by atoms with Crippen LogP contribution in [-0.4, -0.2) is 55.0 Å². The third-order valence-corrected chi connectivity index (χ3v) is 4.55. The molecule has 2 aliphatic rings. The molecule has 0 aromatic rings. The maximum Gasteiger partial charge on any atom is 0.225 e. The van der Waals surface area contributed by atoms with Gasteiger partial charge in [-0.3, -0.25) is 4.79 Å². The lowest BCUT2D eigenvalue weighted by Gasteiger charge is -2.24. The SMILES string of the molecule is CC(C(=O)N1CCCN(CCCCN)CC1)C1CC1. The van der Waals surface area contributed by atoms with Gasteiger partial charge < -0.3 is 15.5 Å². The van der Waals surface area contributed by atoms with Gasteiger partial charge in [0.1, 0.15) is 0 Å². The molecule has 4 heteroatoms. The quantitative estimate of drug-likeness (QED) is 0.738. The number of amides is 1. The van der Waals surface area contributed by atoms with Gasteiger partial charge in [0, 0.05) is 25.6 Å². The van der Waals surface area contributed by atoms with Crippen molar-refractivity contribution in [2.45, 2.75) is 39.0 Å². The minimum Gasteiger partial charge on any atom is -0.341 e. The van der Waals surface area contributed by atoms with Crippen LogP contribution in [0.1, 0.15) is 39.0 Å². The van der Waals surface area contributed by atoms with Crippen molar-refractivity contribution >= 4 is 5.91 Å². The summed E-state index contributed by atoms with van der Waals surface area (Å²) in [7, 11) is 0. The van der Waals surface area contributed by atoms with Crippen LogP contribution in [0.25, 0.3) is 0 Å². The van der Waals surface area contributed by atoms with Crippen molar-refractivity contribution in [2.24, 2.45) is 17.6 Å². The van der Waals surface area contributed by atoms with E-state index in [0.29, 0.717) is 11.8 Å². The molecule has 0 bridgehead atoms. The lowest BCUT2D eigenvalue weighted by atomic mass is 10.0. The Morgan fingerprint density at radius 2 is 2.00 bits per heavy atom. The molecule has 2 N–H and O–H groups in total. The van der Waals surface area contributed by atoms with Crippen LogP contribution in [0, 0.1) is 11.8 Å². The van der Waals surface area contributed by atoms with E-state index < -0.39 is 0 Å². The van der Waals surface area contributed by atoms with Crippen molar-refractivity contribution in [3.8, 4) is 0 Å². The summed E-state index contributed by atoms with van der Waals surface area (Å²) >= 11 is 0. The summed E-state index contributed by atoms with van der Waals surface area (Å²) in [5.41, 5.74) is 5.53. The zero-order valence-electron chi connectivity index (χ0n) is 12.3. The molecule has 4 nitrogen and oxygen atoms in total. The summed E-state index contributed by atoms with van der Waals surface area (Å²) in [6.45, 7) is 8.07. The van der Waals surface area contributed by atoms with Crippen LogP contribution in [0.3, 0.4) is 0 Å². The summed E-state index contributed by atoms with van der Waals surface area (Å²) in [6, 6.07) is 0. The number of nitrogens with two attached hydrogens (primary N) is 1. The van der Waals surface area contributed by atoms with Gasteiger partial charge in [0.25, 0.3) is 0 Å². The van der Waals surface area contributed by atoms with E-state index in [1.807, 2.05) is 0 Å². The highest BCUT2D eigenvalue weighted by atomic mass is 16.2. The summed E-state index contributed by atoms with van der Waals surface area (Å²) in [6.07, 6.45) is 5.92. The van der Waals surface area contributed by atoms with Gasteiger partial charge in [0.05, 0.1) is 0 Å². The van der Waals surface area contributed by atoms with Crippen LogP contribution in [0.15, 0.2) is 0 Å². The molecule has 19 heavy (non-hydrogen) atoms. The van der Waals surface area contributed by atoms with E-state index >= 15 is 0 Å². The van der Waals surface area contributed by atoms with Gasteiger partial charge in [-0.2, -0.15) is 0 Å². The summed E-state index contributed by atoms with van der Waals surface area (Å²) in [4.78, 5) is 17.0. The molecule has 1 atom stereocenters. The van der Waals surface area contributed by atoms with Gasteiger partial charge in [0.15, 0.2) is 0 Å². The maximum atomic E-state index is 12.4. The summed E-state index contributed by atoms with van der Waals surface area (Å²) < 4.78 is 0. The fraction of sp³-hybridized carbons (Fsp3) is 0.933. The van der Waals surface area contributed by atoms with Crippen LogP contribution in [-0.2, 0) is 4.79 Å². The molecular formula is C15H29N3O. The third-order valence-electron chi connectivity index (χ3n) is 4.55. The number of carbonyl (C=O) groups excluding carboxylic acids is 1. The van der Waals surface area contributed by atoms with E-state index in [0.717, 1.165) is 52.1 Å². The molecule has 0 aromatic heterocycles. The van der Waals surface area contributed by atoms with Crippen molar-refractivity contribution in [2.75, 3.05) is 39.3 Å². The second-order valence-electron chi connectivity index (χ2n) is 6.14. The van der Waals surface area contributed by atoms with Crippen LogP contribution >= 0.6 is 0 Å². The van der Waals surface area contributed by atoms with Gasteiger partial charge in [-0.05, 0) is 57.7 Å². The number of hydrogen-bond donors (Lipinski definition) is 1. The number of rotatable bonds is 6. The second kappa shape index (κ2) is 7.25. The fourth-order valence-corrected chi connectivity index (χ4v) is 2.98. The minimum absolute atomic E-state index is 0.254. The molecule has 1 unspecified atom stereocenters. The van der Waals surface area contributed by atoms with E-state index in [9.17, 15) is 4.79 Å². The monoisotopic (exact) mass is 267 g/mol. The molecule has 0 aromatic carbocycles. The van der Waals surface area contributed by atoms with Crippen molar-refractivity contribution < 1.29 is 4.79 Å². The first-order chi connectivity index (χ1) is 9.22. The van der Waals surface area contributed by atoms with E-state index in [4.69, 9.17) is 5.73 Å². The topological polar surface area (TPSA) is 49.6 Å². The predicted molar refractivity (Wildman–Crippen MR) is 77.8 cm³/mol. The Kier molecular flexibility index (Phi) is 5.64. The second-order valence-corrected chi connectivity index (χ2v) is 6.14. The van der Waals surface area contributed by atoms with Crippen LogP contribution in [0.2, 0.25) is 0 Å². The molecular weight excluding hydrogens is 238 g/mol. The Morgan fingerprint density at radius 1 is 1.21 bits per heavy atom. The molecule has 1 heterocycles. The molecule has 0 radical (unpaired) electrons. The molecule has 1 saturated carbocycles. The third kappa shape index (κ3) is 4.46. The molecule has 1 amide bonds. The molecule has 1 aliphatic carbocycles. The van der Waals surface area contributed by atoms with Gasteiger partial charge in [-0.1, -0.05) is 6.92 Å². The highest BCUT2D eigenvalue weighted by molar-refractivity contribution is 5.79.